The highest BCUT2D eigenvalue weighted by Crippen LogP contribution is 2.18. The Hall–Kier alpha value is -2.27. The van der Waals surface area contributed by atoms with E-state index in [0.717, 1.165) is 0 Å². The number of esters is 1. The molecule has 0 unspecified atom stereocenters. The van der Waals surface area contributed by atoms with Crippen LogP contribution in [-0.2, 0) is 30.9 Å². The van der Waals surface area contributed by atoms with Gasteiger partial charge in [-0.15, -0.1) is 0 Å². The topological polar surface area (TPSA) is 102 Å². The molecule has 3 rings (SSSR count). The van der Waals surface area contributed by atoms with Gasteiger partial charge >= 0.3 is 5.97 Å². The maximum absolute atomic E-state index is 12.7. The highest BCUT2D eigenvalue weighted by atomic mass is 32.2. The Kier molecular flexibility index (Phi) is 7.37. The van der Waals surface area contributed by atoms with Gasteiger partial charge in [-0.3, -0.25) is 9.59 Å². The van der Waals surface area contributed by atoms with Crippen LogP contribution in [-0.4, -0.2) is 57.4 Å². The number of hydrogen-bond acceptors (Lipinski definition) is 7. The van der Waals surface area contributed by atoms with Crippen molar-refractivity contribution >= 4 is 33.2 Å². The maximum atomic E-state index is 12.7. The van der Waals surface area contributed by atoms with Crippen molar-refractivity contribution in [2.45, 2.75) is 17.9 Å². The van der Waals surface area contributed by atoms with E-state index in [1.165, 1.54) is 27.8 Å². The zero-order chi connectivity index (χ0) is 20.7. The van der Waals surface area contributed by atoms with Gasteiger partial charge in [0.2, 0.25) is 10.0 Å². The second-order valence-corrected chi connectivity index (χ2v) is 9.06. The number of thiophene rings is 1. The lowest BCUT2D eigenvalue weighted by Gasteiger charge is -2.26. The molecule has 1 aromatic carbocycles. The molecule has 1 aromatic heterocycles. The minimum atomic E-state index is -3.60. The Bertz CT molecular complexity index is 937. The molecule has 8 nitrogen and oxygen atoms in total. The summed E-state index contributed by atoms with van der Waals surface area (Å²) in [6.07, 6.45) is 0.0294. The molecule has 0 spiro atoms. The lowest BCUT2D eigenvalue weighted by Crippen LogP contribution is -2.40. The first-order valence-corrected chi connectivity index (χ1v) is 11.5. The van der Waals surface area contributed by atoms with E-state index in [1.54, 1.807) is 29.0 Å². The minimum Gasteiger partial charge on any atom is -0.461 e. The van der Waals surface area contributed by atoms with E-state index in [2.05, 4.69) is 5.32 Å². The summed E-state index contributed by atoms with van der Waals surface area (Å²) < 4.78 is 37.2. The molecule has 1 aliphatic rings. The van der Waals surface area contributed by atoms with Crippen molar-refractivity contribution in [2.75, 3.05) is 32.8 Å². The van der Waals surface area contributed by atoms with Crippen LogP contribution >= 0.6 is 11.3 Å². The Balaban J connectivity index is 1.48. The lowest BCUT2D eigenvalue weighted by atomic mass is 10.2. The van der Waals surface area contributed by atoms with E-state index >= 15 is 0 Å². The van der Waals surface area contributed by atoms with Crippen molar-refractivity contribution in [2.24, 2.45) is 0 Å². The van der Waals surface area contributed by atoms with Crippen LogP contribution in [0.1, 0.15) is 22.3 Å². The van der Waals surface area contributed by atoms with Crippen molar-refractivity contribution in [1.82, 2.24) is 9.62 Å². The maximum Gasteiger partial charge on any atom is 0.307 e. The molecule has 1 saturated heterocycles. The van der Waals surface area contributed by atoms with Gasteiger partial charge in [-0.1, -0.05) is 12.1 Å². The number of sulfonamides is 1. The molecule has 0 saturated carbocycles. The van der Waals surface area contributed by atoms with Crippen LogP contribution in [0, 0.1) is 0 Å². The molecule has 0 aliphatic carbocycles. The lowest BCUT2D eigenvalue weighted by molar-refractivity contribution is -0.144. The number of benzene rings is 1. The smallest absolute Gasteiger partial charge is 0.307 e. The Morgan fingerprint density at radius 3 is 2.72 bits per heavy atom. The molecule has 10 heteroatoms. The fourth-order valence-electron chi connectivity index (χ4n) is 2.74. The van der Waals surface area contributed by atoms with Gasteiger partial charge in [-0.2, -0.15) is 15.6 Å². The van der Waals surface area contributed by atoms with Crippen molar-refractivity contribution < 1.29 is 27.5 Å². The van der Waals surface area contributed by atoms with Crippen LogP contribution in [0.4, 0.5) is 0 Å². The van der Waals surface area contributed by atoms with Gasteiger partial charge in [0.1, 0.15) is 6.61 Å². The van der Waals surface area contributed by atoms with Crippen molar-refractivity contribution in [3.63, 3.8) is 0 Å². The Morgan fingerprint density at radius 2 is 2.00 bits per heavy atom. The average Bonchev–Trinajstić information content (AvgIpc) is 3.28. The SMILES string of the molecule is O=C(CCNC(=O)c1ccsc1)OCc1cccc(S(=O)(=O)N2CCOCC2)c1. The van der Waals surface area contributed by atoms with Crippen LogP contribution in [0.25, 0.3) is 0 Å². The number of ether oxygens (including phenoxy) is 2. The van der Waals surface area contributed by atoms with Crippen LogP contribution < -0.4 is 5.32 Å². The number of rotatable bonds is 8. The number of nitrogens with one attached hydrogen (secondary N) is 1. The average molecular weight is 439 g/mol. The third-order valence-corrected chi connectivity index (χ3v) is 6.88. The number of carbonyl (C=O) groups is 2. The number of carbonyl (C=O) groups excluding carboxylic acids is 2. The van der Waals surface area contributed by atoms with Crippen LogP contribution in [0.15, 0.2) is 46.0 Å². The quantitative estimate of drug-likeness (QED) is 0.629. The zero-order valence-electron chi connectivity index (χ0n) is 15.7. The van der Waals surface area contributed by atoms with E-state index in [9.17, 15) is 18.0 Å². The summed E-state index contributed by atoms with van der Waals surface area (Å²) in [5, 5.41) is 6.18. The zero-order valence-corrected chi connectivity index (χ0v) is 17.3. The standard InChI is InChI=1S/C19H22N2O6S2/c22-18(4-6-20-19(23)16-5-11-28-14-16)27-13-15-2-1-3-17(12-15)29(24,25)21-7-9-26-10-8-21/h1-3,5,11-12,14H,4,6-10,13H2,(H,20,23). The number of hydrogen-bond donors (Lipinski definition) is 1. The van der Waals surface area contributed by atoms with Crippen LogP contribution in [0.5, 0.6) is 0 Å². The fourth-order valence-corrected chi connectivity index (χ4v) is 4.86. The van der Waals surface area contributed by atoms with Crippen molar-refractivity contribution in [1.29, 1.82) is 0 Å². The number of morpholine rings is 1. The molecule has 2 aromatic rings. The van der Waals surface area contributed by atoms with E-state index < -0.39 is 16.0 Å². The molecule has 1 aliphatic heterocycles. The normalized spacial score (nSPS) is 15.0. The van der Waals surface area contributed by atoms with Gasteiger partial charge in [-0.05, 0) is 29.1 Å². The van der Waals surface area contributed by atoms with Gasteiger partial charge in [-0.25, -0.2) is 8.42 Å². The monoisotopic (exact) mass is 438 g/mol. The summed E-state index contributed by atoms with van der Waals surface area (Å²) in [4.78, 5) is 23.9. The number of nitrogens with zero attached hydrogens (tertiary/aromatic N) is 1. The van der Waals surface area contributed by atoms with Gasteiger partial charge in [0.25, 0.3) is 5.91 Å². The molecule has 1 amide bonds. The Labute approximate surface area is 173 Å². The third-order valence-electron chi connectivity index (χ3n) is 4.30. The van der Waals surface area contributed by atoms with Gasteiger partial charge < -0.3 is 14.8 Å². The summed E-state index contributed by atoms with van der Waals surface area (Å²) >= 11 is 1.42. The summed E-state index contributed by atoms with van der Waals surface area (Å²) in [5.41, 5.74) is 1.14. The van der Waals surface area contributed by atoms with E-state index in [1.807, 2.05) is 0 Å². The van der Waals surface area contributed by atoms with Gasteiger partial charge in [0, 0.05) is 30.6 Å². The molecule has 2 heterocycles. The molecule has 0 atom stereocenters. The first-order valence-electron chi connectivity index (χ1n) is 9.10. The predicted molar refractivity (Wildman–Crippen MR) is 107 cm³/mol. The molecule has 29 heavy (non-hydrogen) atoms. The predicted octanol–water partition coefficient (Wildman–Crippen LogP) is 1.63. The van der Waals surface area contributed by atoms with Gasteiger partial charge in [0.05, 0.1) is 24.5 Å². The van der Waals surface area contributed by atoms with Crippen LogP contribution in [0.2, 0.25) is 0 Å². The summed E-state index contributed by atoms with van der Waals surface area (Å²) in [5.74, 6) is -0.711. The van der Waals surface area contributed by atoms with E-state index in [0.29, 0.717) is 37.4 Å². The minimum absolute atomic E-state index is 0.0294. The number of amides is 1. The van der Waals surface area contributed by atoms with Crippen molar-refractivity contribution in [3.8, 4) is 0 Å². The summed E-state index contributed by atoms with van der Waals surface area (Å²) in [6.45, 7) is 1.51. The summed E-state index contributed by atoms with van der Waals surface area (Å²) in [6, 6.07) is 8.06. The van der Waals surface area contributed by atoms with Crippen LogP contribution in [0.3, 0.4) is 0 Å². The molecule has 0 bridgehead atoms. The molecular formula is C19H22N2O6S2. The molecular weight excluding hydrogens is 416 g/mol. The fraction of sp³-hybridized carbons (Fsp3) is 0.368. The first-order chi connectivity index (χ1) is 14.0. The largest absolute Gasteiger partial charge is 0.461 e. The third kappa shape index (κ3) is 5.86. The molecule has 0 radical (unpaired) electrons. The van der Waals surface area contributed by atoms with Crippen molar-refractivity contribution in [3.05, 3.63) is 52.2 Å². The molecule has 1 N–H and O–H groups in total. The molecule has 156 valence electrons. The van der Waals surface area contributed by atoms with Gasteiger partial charge in [0.15, 0.2) is 0 Å². The molecule has 1 fully saturated rings. The summed E-state index contributed by atoms with van der Waals surface area (Å²) in [7, 11) is -3.60. The second kappa shape index (κ2) is 9.97. The Morgan fingerprint density at radius 1 is 1.21 bits per heavy atom. The highest BCUT2D eigenvalue weighted by molar-refractivity contribution is 7.89. The first kappa shape index (κ1) is 21.4. The van der Waals surface area contributed by atoms with E-state index in [-0.39, 0.29) is 30.4 Å². The highest BCUT2D eigenvalue weighted by Gasteiger charge is 2.26. The van der Waals surface area contributed by atoms with E-state index in [4.69, 9.17) is 9.47 Å². The second-order valence-electron chi connectivity index (χ2n) is 6.34.